The summed E-state index contributed by atoms with van der Waals surface area (Å²) in [5.41, 5.74) is 8.81. The number of nitrogens with two attached hydrogens (primary N) is 1. The highest BCUT2D eigenvalue weighted by Crippen LogP contribution is 2.41. The summed E-state index contributed by atoms with van der Waals surface area (Å²) < 4.78 is 28.4. The number of hydrogen-bond acceptors (Lipinski definition) is 14. The Morgan fingerprint density at radius 3 is 2.49 bits per heavy atom. The summed E-state index contributed by atoms with van der Waals surface area (Å²) in [5.74, 6) is -1.38. The highest BCUT2D eigenvalue weighted by molar-refractivity contribution is 5.95. The molecule has 5 amide bonds. The molecular formula is C55H75FN14O7. The summed E-state index contributed by atoms with van der Waals surface area (Å²) in [7, 11) is 4.95. The van der Waals surface area contributed by atoms with Gasteiger partial charge in [0.15, 0.2) is 11.6 Å². The summed E-state index contributed by atoms with van der Waals surface area (Å²) >= 11 is 0. The van der Waals surface area contributed by atoms with Gasteiger partial charge in [-0.2, -0.15) is 4.68 Å². The van der Waals surface area contributed by atoms with E-state index in [-0.39, 0.29) is 111 Å². The molecule has 3 aliphatic rings. The number of likely N-dealkylation sites (N-methyl/N-ethyl adjacent to an activating group) is 2. The summed E-state index contributed by atoms with van der Waals surface area (Å²) in [4.78, 5) is 88.5. The standard InChI is InChI=1S/C55H75FN14O7/c1-10-40(35-15-12-11-13-16-35)63-52(73)43-30-39(32-69(43)54(75)47(55(3,4)5)64-51(72)34(2)58-6)60-19-24-77-26-25-76-23-18-45(71)66(8)21-22-70-44-33-67(9)53(74)37-27-36(28-38(56)29-37)42-17-14-20-68(42)50-48(57)61-31-41(62-50)46(44)49(59-7)65-70/h11-13,15-16,27-29,31,34,39-40,42-43,47,58,60H,10,14,17-26,30,32-33H2,1-6,8-9H3,(H2,57,61)(H,63,73)(H,64,72)/t34-,39-,40+,42-,43-,47?/m1/s1. The van der Waals surface area contributed by atoms with Crippen molar-refractivity contribution in [2.75, 3.05) is 84.4 Å². The maximum Gasteiger partial charge on any atom is 0.305 e. The number of anilines is 2. The summed E-state index contributed by atoms with van der Waals surface area (Å²) in [6.45, 7) is 20.1. The molecule has 6 atom stereocenters. The molecule has 0 saturated carbocycles. The van der Waals surface area contributed by atoms with E-state index in [4.69, 9.17) is 26.8 Å². The molecule has 6 N–H and O–H groups in total. The van der Waals surface area contributed by atoms with Gasteiger partial charge in [0.1, 0.15) is 17.9 Å². The van der Waals surface area contributed by atoms with Crippen molar-refractivity contribution in [2.45, 2.75) is 116 Å². The van der Waals surface area contributed by atoms with Crippen molar-refractivity contribution in [3.05, 3.63) is 94.3 Å². The first kappa shape index (κ1) is 57.6. The second kappa shape index (κ2) is 25.9. The highest BCUT2D eigenvalue weighted by Gasteiger charge is 2.45. The van der Waals surface area contributed by atoms with E-state index in [9.17, 15) is 24.0 Å². The molecule has 4 aromatic rings. The van der Waals surface area contributed by atoms with Crippen molar-refractivity contribution < 1.29 is 37.8 Å². The number of fused-ring (bicyclic) bond motifs is 9. The molecule has 4 bridgehead atoms. The third-order valence-electron chi connectivity index (χ3n) is 14.6. The first-order valence-corrected chi connectivity index (χ1v) is 26.5. The van der Waals surface area contributed by atoms with E-state index in [0.29, 0.717) is 67.3 Å². The van der Waals surface area contributed by atoms with Crippen LogP contribution in [-0.2, 0) is 41.7 Å². The molecular weight excluding hydrogens is 988 g/mol. The highest BCUT2D eigenvalue weighted by atomic mass is 19.1. The molecule has 77 heavy (non-hydrogen) atoms. The quantitative estimate of drug-likeness (QED) is 0.0575. The summed E-state index contributed by atoms with van der Waals surface area (Å²) in [6.07, 6.45) is 4.09. The Kier molecular flexibility index (Phi) is 19.4. The van der Waals surface area contributed by atoms with Gasteiger partial charge < -0.3 is 60.9 Å². The lowest BCUT2D eigenvalue weighted by Gasteiger charge is -2.36. The van der Waals surface area contributed by atoms with Crippen LogP contribution in [0.25, 0.3) is 16.1 Å². The SMILES string of the molecule is [C-]#[N+]c1nn(CCN(C)C(=O)CCOCCOCCN[C@@H]2C[C@H](C(=O)N[C@@H](CC)c3ccccc3)N(C(=O)C(NC(=O)[C@@H](C)NC)C(C)(C)C)C2)c2c1-c1cnc(N)c(n1)N1CCC[C@@H]1c1cc(F)cc(c1)C(=O)N(C)C2. The Bertz CT molecular complexity index is 2780. The Labute approximate surface area is 450 Å². The largest absolute Gasteiger partial charge is 0.381 e. The lowest BCUT2D eigenvalue weighted by Crippen LogP contribution is -2.59. The minimum absolute atomic E-state index is 0.00767. The maximum atomic E-state index is 15.2. The molecule has 0 spiro atoms. The molecule has 2 aromatic heterocycles. The predicted octanol–water partition coefficient (Wildman–Crippen LogP) is 4.39. The fraction of sp³-hybridized carbons (Fsp3) is 0.545. The molecule has 1 unspecified atom stereocenters. The lowest BCUT2D eigenvalue weighted by atomic mass is 9.85. The van der Waals surface area contributed by atoms with Crippen molar-refractivity contribution in [1.29, 1.82) is 0 Å². The number of amides is 5. The first-order chi connectivity index (χ1) is 36.8. The fourth-order valence-corrected chi connectivity index (χ4v) is 10.1. The minimum Gasteiger partial charge on any atom is -0.381 e. The Morgan fingerprint density at radius 1 is 1.05 bits per heavy atom. The summed E-state index contributed by atoms with van der Waals surface area (Å²) in [5, 5.41) is 17.1. The van der Waals surface area contributed by atoms with Gasteiger partial charge in [-0.05, 0) is 79.5 Å². The van der Waals surface area contributed by atoms with Gasteiger partial charge in [0.05, 0.1) is 87.2 Å². The average molecular weight is 1060 g/mol. The van der Waals surface area contributed by atoms with Gasteiger partial charge >= 0.3 is 5.82 Å². The number of benzene rings is 2. The predicted molar refractivity (Wildman–Crippen MR) is 289 cm³/mol. The monoisotopic (exact) mass is 1060 g/mol. The number of hydrogen-bond donors (Lipinski definition) is 5. The molecule has 0 radical (unpaired) electrons. The van der Waals surface area contributed by atoms with Crippen molar-refractivity contribution in [3.8, 4) is 11.3 Å². The normalized spacial score (nSPS) is 18.5. The molecule has 2 aromatic carbocycles. The number of ether oxygens (including phenoxy) is 2. The number of rotatable bonds is 21. The van der Waals surface area contributed by atoms with Crippen molar-refractivity contribution in [2.24, 2.45) is 5.41 Å². The van der Waals surface area contributed by atoms with E-state index in [1.165, 1.54) is 23.2 Å². The average Bonchev–Trinajstić information content (AvgIpc) is 4.20. The fourth-order valence-electron chi connectivity index (χ4n) is 10.1. The molecule has 414 valence electrons. The van der Waals surface area contributed by atoms with Gasteiger partial charge in [-0.1, -0.05) is 64.6 Å². The van der Waals surface area contributed by atoms with Gasteiger partial charge in [0.25, 0.3) is 5.91 Å². The second-order valence-electron chi connectivity index (χ2n) is 21.1. The molecule has 22 heteroatoms. The van der Waals surface area contributed by atoms with Crippen LogP contribution < -0.4 is 31.9 Å². The Hall–Kier alpha value is -7.06. The first-order valence-electron chi connectivity index (χ1n) is 26.5. The van der Waals surface area contributed by atoms with Crippen LogP contribution in [0.4, 0.5) is 21.8 Å². The number of nitrogens with one attached hydrogen (secondary N) is 4. The molecule has 2 fully saturated rings. The van der Waals surface area contributed by atoms with Gasteiger partial charge in [-0.3, -0.25) is 24.0 Å². The third kappa shape index (κ3) is 13.9. The van der Waals surface area contributed by atoms with Crippen molar-refractivity contribution in [1.82, 2.24) is 55.7 Å². The van der Waals surface area contributed by atoms with E-state index in [1.807, 2.05) is 62.9 Å². The van der Waals surface area contributed by atoms with Crippen LogP contribution in [0.5, 0.6) is 0 Å². The zero-order valence-corrected chi connectivity index (χ0v) is 45.6. The van der Waals surface area contributed by atoms with Crippen LogP contribution in [-0.4, -0.2) is 162 Å². The van der Waals surface area contributed by atoms with E-state index in [2.05, 4.69) is 36.2 Å². The molecule has 5 heterocycles. The lowest BCUT2D eigenvalue weighted by molar-refractivity contribution is -0.144. The number of carbonyl (C=O) groups is 5. The topological polar surface area (TPSA) is 239 Å². The van der Waals surface area contributed by atoms with Crippen LogP contribution in [0, 0.1) is 17.8 Å². The number of halogens is 1. The van der Waals surface area contributed by atoms with Gasteiger partial charge in [-0.25, -0.2) is 14.4 Å². The number of likely N-dealkylation sites (tertiary alicyclic amines) is 1. The van der Waals surface area contributed by atoms with Crippen LogP contribution in [0.1, 0.15) is 106 Å². The molecule has 2 saturated heterocycles. The number of nitrogens with zero attached hydrogens (tertiary/aromatic N) is 9. The van der Waals surface area contributed by atoms with Gasteiger partial charge in [0.2, 0.25) is 23.6 Å². The number of nitrogen functional groups attached to an aromatic ring is 1. The zero-order valence-electron chi connectivity index (χ0n) is 45.6. The van der Waals surface area contributed by atoms with Gasteiger partial charge in [0, 0.05) is 51.9 Å². The third-order valence-corrected chi connectivity index (χ3v) is 14.6. The van der Waals surface area contributed by atoms with Crippen molar-refractivity contribution >= 4 is 47.0 Å². The van der Waals surface area contributed by atoms with Crippen LogP contribution in [0.2, 0.25) is 0 Å². The molecule has 0 aliphatic carbocycles. The molecule has 3 aliphatic heterocycles. The van der Waals surface area contributed by atoms with E-state index < -0.39 is 35.3 Å². The van der Waals surface area contributed by atoms with Gasteiger partial charge in [-0.15, -0.1) is 0 Å². The number of carbonyl (C=O) groups excluding carboxylic acids is 5. The second-order valence-corrected chi connectivity index (χ2v) is 21.1. The zero-order chi connectivity index (χ0) is 55.6. The van der Waals surface area contributed by atoms with Crippen LogP contribution in [0.15, 0.2) is 54.7 Å². The van der Waals surface area contributed by atoms with E-state index in [1.54, 1.807) is 48.6 Å². The van der Waals surface area contributed by atoms with E-state index >= 15 is 4.39 Å². The van der Waals surface area contributed by atoms with Crippen molar-refractivity contribution in [3.63, 3.8) is 0 Å². The Morgan fingerprint density at radius 2 is 1.79 bits per heavy atom. The van der Waals surface area contributed by atoms with E-state index in [0.717, 1.165) is 12.0 Å². The van der Waals surface area contributed by atoms with Crippen LogP contribution >= 0.6 is 0 Å². The number of aromatic nitrogens is 4. The molecule has 21 nitrogen and oxygen atoms in total. The minimum atomic E-state index is -0.877. The molecule has 7 rings (SSSR count). The summed E-state index contributed by atoms with van der Waals surface area (Å²) in [6, 6.07) is 11.2. The smallest absolute Gasteiger partial charge is 0.305 e. The Balaban J connectivity index is 0.904. The van der Waals surface area contributed by atoms with Crippen LogP contribution in [0.3, 0.4) is 0 Å². The maximum absolute atomic E-state index is 15.2.